The van der Waals surface area contributed by atoms with Crippen molar-refractivity contribution >= 4 is 16.2 Å². The van der Waals surface area contributed by atoms with Crippen LogP contribution in [0, 0.1) is 5.92 Å². The smallest absolute Gasteiger partial charge is 0.306 e. The van der Waals surface area contributed by atoms with E-state index in [1.807, 2.05) is 0 Å². The number of ether oxygens (including phenoxy) is 1. The van der Waals surface area contributed by atoms with Crippen molar-refractivity contribution in [1.82, 2.24) is 9.03 Å². The molecule has 116 valence electrons. The highest BCUT2D eigenvalue weighted by Gasteiger charge is 2.30. The fraction of sp³-hybridized carbons (Fsp3) is 0.917. The first-order chi connectivity index (χ1) is 9.49. The average Bonchev–Trinajstić information content (AvgIpc) is 2.92. The Morgan fingerprint density at radius 2 is 2.00 bits per heavy atom. The number of carbonyl (C=O) groups is 1. The first-order valence-corrected chi connectivity index (χ1v) is 8.52. The topological polar surface area (TPSA) is 95.9 Å². The number of aliphatic carboxylic acids is 1. The lowest BCUT2D eigenvalue weighted by molar-refractivity contribution is -0.142. The molecule has 0 aliphatic carbocycles. The molecule has 2 rings (SSSR count). The van der Waals surface area contributed by atoms with Crippen LogP contribution in [0.4, 0.5) is 0 Å². The summed E-state index contributed by atoms with van der Waals surface area (Å²) in [6, 6.07) is 0. The van der Waals surface area contributed by atoms with Gasteiger partial charge in [-0.15, -0.1) is 0 Å². The second-order valence-corrected chi connectivity index (χ2v) is 7.09. The summed E-state index contributed by atoms with van der Waals surface area (Å²) in [4.78, 5) is 10.8. The van der Waals surface area contributed by atoms with Gasteiger partial charge in [-0.2, -0.15) is 12.7 Å². The van der Waals surface area contributed by atoms with E-state index >= 15 is 0 Å². The van der Waals surface area contributed by atoms with Crippen LogP contribution in [0.5, 0.6) is 0 Å². The van der Waals surface area contributed by atoms with Crippen molar-refractivity contribution < 1.29 is 23.1 Å². The third-order valence-electron chi connectivity index (χ3n) is 3.92. The largest absolute Gasteiger partial charge is 0.481 e. The van der Waals surface area contributed by atoms with E-state index in [0.29, 0.717) is 25.8 Å². The minimum absolute atomic E-state index is 0.162. The summed E-state index contributed by atoms with van der Waals surface area (Å²) in [7, 11) is -3.49. The second-order valence-electron chi connectivity index (χ2n) is 5.33. The number of carboxylic acid groups (broad SMARTS) is 1. The molecular formula is C12H22N2O5S. The molecule has 0 amide bonds. The van der Waals surface area contributed by atoms with Gasteiger partial charge in [-0.25, -0.2) is 4.72 Å². The molecule has 1 unspecified atom stereocenters. The monoisotopic (exact) mass is 306 g/mol. The molecule has 2 fully saturated rings. The number of piperidine rings is 1. The molecule has 20 heavy (non-hydrogen) atoms. The van der Waals surface area contributed by atoms with Gasteiger partial charge in [0, 0.05) is 26.2 Å². The molecule has 0 aromatic rings. The zero-order valence-corrected chi connectivity index (χ0v) is 12.3. The molecule has 7 nitrogen and oxygen atoms in total. The maximum absolute atomic E-state index is 12.1. The Kier molecular flexibility index (Phi) is 5.36. The fourth-order valence-corrected chi connectivity index (χ4v) is 3.91. The highest BCUT2D eigenvalue weighted by Crippen LogP contribution is 2.19. The lowest BCUT2D eigenvalue weighted by Gasteiger charge is -2.29. The average molecular weight is 306 g/mol. The lowest BCUT2D eigenvalue weighted by atomic mass is 9.99. The summed E-state index contributed by atoms with van der Waals surface area (Å²) in [6.45, 7) is 1.67. The van der Waals surface area contributed by atoms with E-state index in [1.165, 1.54) is 4.31 Å². The van der Waals surface area contributed by atoms with Gasteiger partial charge in [0.1, 0.15) is 0 Å². The molecule has 0 radical (unpaired) electrons. The summed E-state index contributed by atoms with van der Waals surface area (Å²) >= 11 is 0. The Morgan fingerprint density at radius 3 is 2.55 bits per heavy atom. The molecule has 0 bridgehead atoms. The zero-order valence-electron chi connectivity index (χ0n) is 11.5. The van der Waals surface area contributed by atoms with Gasteiger partial charge in [0.05, 0.1) is 12.0 Å². The molecule has 2 aliphatic rings. The zero-order chi connectivity index (χ0) is 14.6. The Morgan fingerprint density at radius 1 is 1.30 bits per heavy atom. The van der Waals surface area contributed by atoms with Crippen molar-refractivity contribution in [3.63, 3.8) is 0 Å². The predicted molar refractivity (Wildman–Crippen MR) is 72.4 cm³/mol. The van der Waals surface area contributed by atoms with Gasteiger partial charge in [0.25, 0.3) is 10.2 Å². The fourth-order valence-electron chi connectivity index (χ4n) is 2.66. The molecule has 2 aliphatic heterocycles. The Labute approximate surface area is 119 Å². The van der Waals surface area contributed by atoms with Crippen molar-refractivity contribution in [3.05, 3.63) is 0 Å². The molecule has 2 N–H and O–H groups in total. The van der Waals surface area contributed by atoms with E-state index in [1.54, 1.807) is 0 Å². The Hall–Kier alpha value is -0.700. The van der Waals surface area contributed by atoms with Gasteiger partial charge >= 0.3 is 5.97 Å². The summed E-state index contributed by atoms with van der Waals surface area (Å²) < 4.78 is 33.5. The number of hydrogen-bond acceptors (Lipinski definition) is 4. The van der Waals surface area contributed by atoms with Crippen LogP contribution in [-0.2, 0) is 19.7 Å². The number of carboxylic acids is 1. The first kappa shape index (κ1) is 15.7. The molecule has 0 aromatic carbocycles. The van der Waals surface area contributed by atoms with E-state index in [4.69, 9.17) is 9.84 Å². The van der Waals surface area contributed by atoms with Crippen molar-refractivity contribution in [3.8, 4) is 0 Å². The van der Waals surface area contributed by atoms with Crippen molar-refractivity contribution in [2.75, 3.05) is 26.2 Å². The molecule has 0 saturated carbocycles. The number of rotatable bonds is 6. The van der Waals surface area contributed by atoms with Crippen LogP contribution in [0.3, 0.4) is 0 Å². The minimum atomic E-state index is -3.49. The maximum Gasteiger partial charge on any atom is 0.306 e. The van der Waals surface area contributed by atoms with Crippen LogP contribution >= 0.6 is 0 Å². The number of hydrogen-bond donors (Lipinski definition) is 2. The van der Waals surface area contributed by atoms with Crippen molar-refractivity contribution in [2.24, 2.45) is 5.92 Å². The number of nitrogens with one attached hydrogen (secondary N) is 1. The van der Waals surface area contributed by atoms with Gasteiger partial charge in [0.2, 0.25) is 0 Å². The van der Waals surface area contributed by atoms with Crippen LogP contribution in [0.15, 0.2) is 0 Å². The van der Waals surface area contributed by atoms with Gasteiger partial charge < -0.3 is 9.84 Å². The van der Waals surface area contributed by atoms with E-state index in [9.17, 15) is 13.2 Å². The summed E-state index contributed by atoms with van der Waals surface area (Å²) in [5.74, 6) is -1.26. The third kappa shape index (κ3) is 4.15. The SMILES string of the molecule is O=C(O)C1CCN(S(=O)(=O)NCCC2CCCO2)CC1. The minimum Gasteiger partial charge on any atom is -0.481 e. The molecule has 1 atom stereocenters. The normalized spacial score (nSPS) is 25.9. The summed E-state index contributed by atoms with van der Waals surface area (Å²) in [6.07, 6.45) is 3.64. The third-order valence-corrected chi connectivity index (χ3v) is 5.53. The Bertz CT molecular complexity index is 425. The highest BCUT2D eigenvalue weighted by atomic mass is 32.2. The molecular weight excluding hydrogens is 284 g/mol. The summed E-state index contributed by atoms with van der Waals surface area (Å²) in [5, 5.41) is 8.89. The van der Waals surface area contributed by atoms with E-state index in [0.717, 1.165) is 19.4 Å². The van der Waals surface area contributed by atoms with Crippen molar-refractivity contribution in [1.29, 1.82) is 0 Å². The second kappa shape index (κ2) is 6.84. The van der Waals surface area contributed by atoms with Crippen LogP contribution in [0.2, 0.25) is 0 Å². The Balaban J connectivity index is 1.74. The highest BCUT2D eigenvalue weighted by molar-refractivity contribution is 7.87. The van der Waals surface area contributed by atoms with Crippen LogP contribution in [-0.4, -0.2) is 56.1 Å². The van der Waals surface area contributed by atoms with Crippen LogP contribution in [0.25, 0.3) is 0 Å². The molecule has 2 saturated heterocycles. The quantitative estimate of drug-likeness (QED) is 0.730. The van der Waals surface area contributed by atoms with E-state index in [-0.39, 0.29) is 19.2 Å². The first-order valence-electron chi connectivity index (χ1n) is 7.08. The summed E-state index contributed by atoms with van der Waals surface area (Å²) in [5.41, 5.74) is 0. The standard InChI is InChI=1S/C12H22N2O5S/c15-12(16)10-4-7-14(8-5-10)20(17,18)13-6-3-11-2-1-9-19-11/h10-11,13H,1-9H2,(H,15,16). The molecule has 2 heterocycles. The van der Waals surface area contributed by atoms with E-state index in [2.05, 4.69) is 4.72 Å². The van der Waals surface area contributed by atoms with Crippen LogP contribution in [0.1, 0.15) is 32.1 Å². The van der Waals surface area contributed by atoms with Crippen LogP contribution < -0.4 is 4.72 Å². The molecule has 8 heteroatoms. The van der Waals surface area contributed by atoms with Gasteiger partial charge in [-0.05, 0) is 32.1 Å². The predicted octanol–water partition coefficient (Wildman–Crippen LogP) is 0.187. The van der Waals surface area contributed by atoms with Gasteiger partial charge in [0.15, 0.2) is 0 Å². The van der Waals surface area contributed by atoms with Gasteiger partial charge in [-0.3, -0.25) is 4.79 Å². The van der Waals surface area contributed by atoms with Crippen molar-refractivity contribution in [2.45, 2.75) is 38.2 Å². The maximum atomic E-state index is 12.1. The number of nitrogens with zero attached hydrogens (tertiary/aromatic N) is 1. The molecule has 0 aromatic heterocycles. The molecule has 0 spiro atoms. The van der Waals surface area contributed by atoms with E-state index < -0.39 is 22.1 Å². The lowest BCUT2D eigenvalue weighted by Crippen LogP contribution is -2.46. The van der Waals surface area contributed by atoms with Gasteiger partial charge in [-0.1, -0.05) is 0 Å².